The lowest BCUT2D eigenvalue weighted by atomic mass is 9.92. The molecule has 7 nitrogen and oxygen atoms in total. The third-order valence-corrected chi connectivity index (χ3v) is 5.91. The predicted molar refractivity (Wildman–Crippen MR) is 105 cm³/mol. The van der Waals surface area contributed by atoms with E-state index >= 15 is 0 Å². The highest BCUT2D eigenvalue weighted by atomic mass is 32.1. The molecule has 2 heterocycles. The van der Waals surface area contributed by atoms with Crippen LogP contribution in [-0.2, 0) is 10.3 Å². The summed E-state index contributed by atoms with van der Waals surface area (Å²) in [5, 5.41) is 0. The lowest BCUT2D eigenvalue weighted by Crippen LogP contribution is -2.37. The molecule has 1 aromatic carbocycles. The molecule has 3 rings (SSSR count). The average molecular weight is 385 g/mol. The fraction of sp³-hybridized carbons (Fsp3) is 0.211. The minimum Gasteiger partial charge on any atom is -0.493 e. The van der Waals surface area contributed by atoms with Gasteiger partial charge in [0.2, 0.25) is 5.91 Å². The maximum absolute atomic E-state index is 12.2. The van der Waals surface area contributed by atoms with Crippen LogP contribution >= 0.6 is 11.3 Å². The number of hydrogen-bond acceptors (Lipinski definition) is 6. The van der Waals surface area contributed by atoms with Crippen LogP contribution in [0.3, 0.4) is 0 Å². The van der Waals surface area contributed by atoms with Gasteiger partial charge in [0, 0.05) is 16.7 Å². The molecule has 0 radical (unpaired) electrons. The lowest BCUT2D eigenvalue weighted by molar-refractivity contribution is -0.121. The van der Waals surface area contributed by atoms with Gasteiger partial charge in [0.15, 0.2) is 17.0 Å². The molecular formula is C19H19N3O4S. The number of carbonyl (C=O) groups is 2. The average Bonchev–Trinajstić information content (AvgIpc) is 3.26. The van der Waals surface area contributed by atoms with Crippen LogP contribution in [0.4, 0.5) is 0 Å². The Kier molecular flexibility index (Phi) is 4.75. The van der Waals surface area contributed by atoms with E-state index in [1.807, 2.05) is 12.1 Å². The zero-order chi connectivity index (χ0) is 19.8. The van der Waals surface area contributed by atoms with E-state index in [-0.39, 0.29) is 5.56 Å². The van der Waals surface area contributed by atoms with Crippen molar-refractivity contribution in [3.05, 3.63) is 46.4 Å². The van der Waals surface area contributed by atoms with Gasteiger partial charge in [0.25, 0.3) is 5.91 Å². The van der Waals surface area contributed by atoms with Gasteiger partial charge in [0.1, 0.15) is 0 Å². The molecule has 0 saturated heterocycles. The van der Waals surface area contributed by atoms with E-state index in [0.717, 1.165) is 10.4 Å². The van der Waals surface area contributed by atoms with Gasteiger partial charge in [-0.25, -0.2) is 0 Å². The summed E-state index contributed by atoms with van der Waals surface area (Å²) in [6, 6.07) is 5.44. The number of ether oxygens (including phenoxy) is 2. The van der Waals surface area contributed by atoms with Crippen LogP contribution in [0.15, 0.2) is 35.3 Å². The molecule has 27 heavy (non-hydrogen) atoms. The van der Waals surface area contributed by atoms with Crippen molar-refractivity contribution in [3.8, 4) is 21.9 Å². The van der Waals surface area contributed by atoms with Crippen molar-refractivity contribution >= 4 is 29.4 Å². The second kappa shape index (κ2) is 6.88. The van der Waals surface area contributed by atoms with Crippen LogP contribution in [0.5, 0.6) is 11.5 Å². The monoisotopic (exact) mass is 385 g/mol. The number of nitrogens with two attached hydrogens (primary N) is 2. The second-order valence-corrected chi connectivity index (χ2v) is 6.95. The number of para-hydroxylation sites is 1. The Morgan fingerprint density at radius 2 is 1.93 bits per heavy atom. The summed E-state index contributed by atoms with van der Waals surface area (Å²) in [6.45, 7) is 1.77. The Hall–Kier alpha value is -3.13. The Bertz CT molecular complexity index is 979. The molecule has 0 spiro atoms. The lowest BCUT2D eigenvalue weighted by Gasteiger charge is -2.20. The van der Waals surface area contributed by atoms with Gasteiger partial charge in [-0.3, -0.25) is 14.6 Å². The molecule has 0 fully saturated rings. The molecule has 0 bridgehead atoms. The normalized spacial score (nSPS) is 17.9. The molecular weight excluding hydrogens is 366 g/mol. The van der Waals surface area contributed by atoms with Gasteiger partial charge in [-0.05, 0) is 36.8 Å². The van der Waals surface area contributed by atoms with Crippen LogP contribution in [0.25, 0.3) is 10.4 Å². The molecule has 2 amide bonds. The number of aliphatic imine (C=N–C) groups is 1. The number of primary amides is 2. The molecule has 1 aliphatic rings. The number of allylic oxidation sites excluding steroid dienone is 1. The number of carbonyl (C=O) groups excluding carboxylic acids is 2. The Labute approximate surface area is 160 Å². The van der Waals surface area contributed by atoms with Crippen molar-refractivity contribution in [1.82, 2.24) is 0 Å². The first kappa shape index (κ1) is 18.7. The van der Waals surface area contributed by atoms with Crippen molar-refractivity contribution in [2.45, 2.75) is 12.5 Å². The molecule has 140 valence electrons. The van der Waals surface area contributed by atoms with Crippen molar-refractivity contribution in [3.63, 3.8) is 0 Å². The summed E-state index contributed by atoms with van der Waals surface area (Å²) in [6.07, 6.45) is 4.67. The van der Waals surface area contributed by atoms with Gasteiger partial charge < -0.3 is 20.9 Å². The molecule has 0 aliphatic carbocycles. The maximum Gasteiger partial charge on any atom is 0.254 e. The summed E-state index contributed by atoms with van der Waals surface area (Å²) in [5.41, 5.74) is 11.4. The topological polar surface area (TPSA) is 117 Å². The highest BCUT2D eigenvalue weighted by Crippen LogP contribution is 2.48. The zero-order valence-electron chi connectivity index (χ0n) is 15.1. The van der Waals surface area contributed by atoms with Crippen LogP contribution < -0.4 is 20.9 Å². The van der Waals surface area contributed by atoms with Gasteiger partial charge in [-0.15, -0.1) is 11.3 Å². The minimum atomic E-state index is -1.44. The molecule has 0 saturated carbocycles. The second-order valence-electron chi connectivity index (χ2n) is 5.93. The predicted octanol–water partition coefficient (Wildman–Crippen LogP) is 2.16. The Morgan fingerprint density at radius 1 is 1.19 bits per heavy atom. The van der Waals surface area contributed by atoms with Crippen molar-refractivity contribution in [2.24, 2.45) is 16.5 Å². The minimum absolute atomic E-state index is 0.238. The third kappa shape index (κ3) is 2.78. The summed E-state index contributed by atoms with van der Waals surface area (Å²) < 4.78 is 10.9. The van der Waals surface area contributed by atoms with Crippen LogP contribution in [0, 0.1) is 6.92 Å². The SMILES string of the molecule is COc1cccc(-c2sc(C3(C(N)=O)C=CC=N3)c(C(N)=O)c2C)c1OC. The fourth-order valence-electron chi connectivity index (χ4n) is 3.18. The van der Waals surface area contributed by atoms with Gasteiger partial charge in [0.05, 0.1) is 24.7 Å². The molecule has 1 aromatic heterocycles. The van der Waals surface area contributed by atoms with E-state index in [2.05, 4.69) is 4.99 Å². The quantitative estimate of drug-likeness (QED) is 0.792. The molecule has 1 aliphatic heterocycles. The first-order chi connectivity index (χ1) is 12.9. The van der Waals surface area contributed by atoms with Crippen LogP contribution in [0.2, 0.25) is 0 Å². The van der Waals surface area contributed by atoms with E-state index in [1.54, 1.807) is 32.3 Å². The fourth-order valence-corrected chi connectivity index (χ4v) is 4.64. The molecule has 1 unspecified atom stereocenters. The number of methoxy groups -OCH3 is 2. The first-order valence-corrected chi connectivity index (χ1v) is 8.87. The molecule has 1 atom stereocenters. The molecule has 2 aromatic rings. The largest absolute Gasteiger partial charge is 0.493 e. The Morgan fingerprint density at radius 3 is 2.44 bits per heavy atom. The number of thiophene rings is 1. The third-order valence-electron chi connectivity index (χ3n) is 4.46. The smallest absolute Gasteiger partial charge is 0.254 e. The zero-order valence-corrected chi connectivity index (χ0v) is 15.9. The van der Waals surface area contributed by atoms with E-state index < -0.39 is 17.4 Å². The number of rotatable bonds is 6. The summed E-state index contributed by atoms with van der Waals surface area (Å²) in [4.78, 5) is 29.8. The summed E-state index contributed by atoms with van der Waals surface area (Å²) >= 11 is 1.24. The van der Waals surface area contributed by atoms with Gasteiger partial charge in [-0.1, -0.05) is 6.07 Å². The van der Waals surface area contributed by atoms with Gasteiger partial charge in [-0.2, -0.15) is 0 Å². The molecule has 4 N–H and O–H groups in total. The van der Waals surface area contributed by atoms with E-state index in [9.17, 15) is 9.59 Å². The summed E-state index contributed by atoms with van der Waals surface area (Å²) in [7, 11) is 3.08. The van der Waals surface area contributed by atoms with E-state index in [0.29, 0.717) is 21.9 Å². The molecule has 8 heteroatoms. The maximum atomic E-state index is 12.2. The van der Waals surface area contributed by atoms with Gasteiger partial charge >= 0.3 is 0 Å². The summed E-state index contributed by atoms with van der Waals surface area (Å²) in [5.74, 6) is -0.262. The van der Waals surface area contributed by atoms with Crippen molar-refractivity contribution in [2.75, 3.05) is 14.2 Å². The highest BCUT2D eigenvalue weighted by Gasteiger charge is 2.43. The Balaban J connectivity index is 2.34. The standard InChI is InChI=1S/C19H19N3O4S/c1-10-13(17(20)23)16(19(18(21)24)8-5-9-22-19)27-15(10)11-6-4-7-12(25-2)14(11)26-3/h4-9H,1-3H3,(H2,20,23)(H2,21,24). The van der Waals surface area contributed by atoms with Crippen molar-refractivity contribution in [1.29, 1.82) is 0 Å². The van der Waals surface area contributed by atoms with Crippen molar-refractivity contribution < 1.29 is 19.1 Å². The number of hydrogen-bond donors (Lipinski definition) is 2. The van der Waals surface area contributed by atoms with E-state index in [4.69, 9.17) is 20.9 Å². The highest BCUT2D eigenvalue weighted by molar-refractivity contribution is 7.16. The van der Waals surface area contributed by atoms with Crippen LogP contribution in [-0.4, -0.2) is 32.2 Å². The number of nitrogens with zero attached hydrogens (tertiary/aromatic N) is 1. The number of benzene rings is 1. The number of amides is 2. The van der Waals surface area contributed by atoms with E-state index in [1.165, 1.54) is 24.7 Å². The van der Waals surface area contributed by atoms with Crippen LogP contribution in [0.1, 0.15) is 20.8 Å². The first-order valence-electron chi connectivity index (χ1n) is 8.05.